The molecule has 0 unspecified atom stereocenters. The Hall–Kier alpha value is -0.473. The van der Waals surface area contributed by atoms with E-state index in [4.69, 9.17) is 18.3 Å². The van der Waals surface area contributed by atoms with Crippen molar-refractivity contribution < 1.29 is 28.2 Å². The third-order valence-corrected chi connectivity index (χ3v) is 10.3. The lowest BCUT2D eigenvalue weighted by Gasteiger charge is -2.56. The summed E-state index contributed by atoms with van der Waals surface area (Å²) < 4.78 is 24.1. The van der Waals surface area contributed by atoms with Crippen molar-refractivity contribution in [2.45, 2.75) is 82.6 Å². The van der Waals surface area contributed by atoms with Gasteiger partial charge in [-0.05, 0) is 0 Å². The van der Waals surface area contributed by atoms with Crippen molar-refractivity contribution in [3.05, 3.63) is 0 Å². The van der Waals surface area contributed by atoms with E-state index in [9.17, 15) is 9.90 Å². The average molecular weight is 344 g/mol. The largest absolute Gasteiger partial charge is 0.459 e. The van der Waals surface area contributed by atoms with E-state index in [0.29, 0.717) is 6.61 Å². The number of aliphatic hydroxyl groups is 1. The van der Waals surface area contributed by atoms with Crippen molar-refractivity contribution in [1.82, 2.24) is 0 Å². The normalized spacial score (nSPS) is 40.3. The Kier molecular flexibility index (Phi) is 3.97. The maximum atomic E-state index is 11.7. The molecule has 0 amide bonds. The van der Waals surface area contributed by atoms with Crippen LogP contribution in [0.15, 0.2) is 0 Å². The summed E-state index contributed by atoms with van der Waals surface area (Å²) in [4.78, 5) is 11.7. The Morgan fingerprint density at radius 1 is 1.09 bits per heavy atom. The van der Waals surface area contributed by atoms with Gasteiger partial charge < -0.3 is 23.4 Å². The van der Waals surface area contributed by atoms with Crippen LogP contribution in [0.2, 0.25) is 10.1 Å². The molecule has 3 saturated heterocycles. The summed E-state index contributed by atoms with van der Waals surface area (Å²) in [5.41, 5.74) is 0. The molecule has 1 N–H and O–H groups in total. The molecule has 132 valence electrons. The number of carbonyl (C=O) groups excluding carboxylic acids is 1. The maximum Gasteiger partial charge on any atom is 0.349 e. The Morgan fingerprint density at radius 2 is 1.70 bits per heavy atom. The molecule has 0 aliphatic carbocycles. The van der Waals surface area contributed by atoms with E-state index in [-0.39, 0.29) is 34.5 Å². The summed E-state index contributed by atoms with van der Waals surface area (Å²) in [7, 11) is -2.65. The van der Waals surface area contributed by atoms with Crippen LogP contribution in [0.25, 0.3) is 0 Å². The summed E-state index contributed by atoms with van der Waals surface area (Å²) in [6.07, 6.45) is -2.04. The molecular formula is C16H28O6Si. The molecule has 6 nitrogen and oxygen atoms in total. The molecule has 0 aromatic carbocycles. The standard InChI is InChI=1S/C16H28O6Si/c1-15(2,3)23(16(4,5)6)19-8-10-13(22-23)12-9(14(18)20-10)7-11(17)21-12/h9-10,12-14,18H,7-8H2,1-6H3/t9-,10+,12+,13+,14-/m0/s1. The molecule has 0 radical (unpaired) electrons. The van der Waals surface area contributed by atoms with Crippen molar-refractivity contribution in [3.8, 4) is 0 Å². The summed E-state index contributed by atoms with van der Waals surface area (Å²) in [5, 5.41) is 9.83. The highest BCUT2D eigenvalue weighted by molar-refractivity contribution is 6.73. The Balaban J connectivity index is 1.95. The Labute approximate surface area is 138 Å². The lowest BCUT2D eigenvalue weighted by Crippen LogP contribution is -2.69. The van der Waals surface area contributed by atoms with Gasteiger partial charge in [-0.3, -0.25) is 4.79 Å². The molecule has 3 heterocycles. The van der Waals surface area contributed by atoms with Crippen molar-refractivity contribution in [2.24, 2.45) is 5.92 Å². The zero-order chi connectivity index (χ0) is 17.2. The molecule has 0 aromatic heterocycles. The molecule has 3 aliphatic rings. The second-order valence-corrected chi connectivity index (χ2v) is 13.7. The fourth-order valence-corrected chi connectivity index (χ4v) is 9.31. The SMILES string of the molecule is CC(C)(C)[Si]1(C(C)(C)C)OC[C@H]2O[C@H](O)[C@H]3CC(=O)O[C@H]3[C@@H]2O1. The highest BCUT2D eigenvalue weighted by Crippen LogP contribution is 2.55. The van der Waals surface area contributed by atoms with Crippen molar-refractivity contribution in [2.75, 3.05) is 6.61 Å². The van der Waals surface area contributed by atoms with Crippen LogP contribution in [0.4, 0.5) is 0 Å². The van der Waals surface area contributed by atoms with Crippen LogP contribution in [-0.2, 0) is 23.1 Å². The van der Waals surface area contributed by atoms with Gasteiger partial charge in [-0.15, -0.1) is 0 Å². The zero-order valence-corrected chi connectivity index (χ0v) is 15.8. The monoisotopic (exact) mass is 344 g/mol. The second kappa shape index (κ2) is 5.26. The van der Waals surface area contributed by atoms with Crippen LogP contribution in [0.5, 0.6) is 0 Å². The number of esters is 1. The van der Waals surface area contributed by atoms with E-state index in [1.54, 1.807) is 0 Å². The molecule has 7 heteroatoms. The van der Waals surface area contributed by atoms with E-state index in [2.05, 4.69) is 41.5 Å². The lowest BCUT2D eigenvalue weighted by atomic mass is 9.91. The summed E-state index contributed by atoms with van der Waals surface area (Å²) in [5.74, 6) is -0.648. The molecule has 0 spiro atoms. The first-order valence-electron chi connectivity index (χ1n) is 8.31. The van der Waals surface area contributed by atoms with Gasteiger partial charge >= 0.3 is 14.5 Å². The number of rotatable bonds is 0. The topological polar surface area (TPSA) is 74.2 Å². The number of hydrogen-bond acceptors (Lipinski definition) is 6. The molecular weight excluding hydrogens is 316 g/mol. The van der Waals surface area contributed by atoms with E-state index in [1.165, 1.54) is 0 Å². The van der Waals surface area contributed by atoms with Gasteiger partial charge in [0.15, 0.2) is 6.29 Å². The van der Waals surface area contributed by atoms with Crippen LogP contribution in [0.3, 0.4) is 0 Å². The summed E-state index contributed by atoms with van der Waals surface area (Å²) in [6, 6.07) is 0. The van der Waals surface area contributed by atoms with Gasteiger partial charge in [0.2, 0.25) is 0 Å². The van der Waals surface area contributed by atoms with Crippen LogP contribution < -0.4 is 0 Å². The van der Waals surface area contributed by atoms with E-state index >= 15 is 0 Å². The zero-order valence-electron chi connectivity index (χ0n) is 14.8. The van der Waals surface area contributed by atoms with E-state index < -0.39 is 27.1 Å². The van der Waals surface area contributed by atoms with Gasteiger partial charge in [-0.2, -0.15) is 0 Å². The fraction of sp³-hybridized carbons (Fsp3) is 0.938. The first kappa shape index (κ1) is 17.4. The number of hydrogen-bond donors (Lipinski definition) is 1. The fourth-order valence-electron chi connectivity index (χ4n) is 4.35. The molecule has 0 bridgehead atoms. The Morgan fingerprint density at radius 3 is 2.26 bits per heavy atom. The molecule has 3 aliphatic heterocycles. The number of aliphatic hydroxyl groups excluding tert-OH is 1. The van der Waals surface area contributed by atoms with Crippen LogP contribution in [-0.4, -0.2) is 50.8 Å². The van der Waals surface area contributed by atoms with Gasteiger partial charge in [-0.1, -0.05) is 41.5 Å². The van der Waals surface area contributed by atoms with Crippen LogP contribution in [0.1, 0.15) is 48.0 Å². The molecule has 0 aromatic rings. The van der Waals surface area contributed by atoms with Gasteiger partial charge in [0.1, 0.15) is 18.3 Å². The molecule has 5 atom stereocenters. The number of ether oxygens (including phenoxy) is 2. The third kappa shape index (κ3) is 2.57. The van der Waals surface area contributed by atoms with Gasteiger partial charge in [0.25, 0.3) is 0 Å². The predicted octanol–water partition coefficient (Wildman–Crippen LogP) is 2.09. The molecule has 3 fully saturated rings. The van der Waals surface area contributed by atoms with Gasteiger partial charge in [0, 0.05) is 10.1 Å². The second-order valence-electron chi connectivity index (χ2n) is 8.90. The first-order chi connectivity index (χ1) is 10.5. The average Bonchev–Trinajstić information content (AvgIpc) is 2.78. The summed E-state index contributed by atoms with van der Waals surface area (Å²) >= 11 is 0. The number of fused-ring (bicyclic) bond motifs is 3. The maximum absolute atomic E-state index is 11.7. The number of carbonyl (C=O) groups is 1. The quantitative estimate of drug-likeness (QED) is 0.536. The van der Waals surface area contributed by atoms with Gasteiger partial charge in [-0.25, -0.2) is 0 Å². The molecule has 3 rings (SSSR count). The lowest BCUT2D eigenvalue weighted by molar-refractivity contribution is -0.269. The minimum Gasteiger partial charge on any atom is -0.459 e. The highest BCUT2D eigenvalue weighted by Gasteiger charge is 2.65. The predicted molar refractivity (Wildman–Crippen MR) is 84.9 cm³/mol. The van der Waals surface area contributed by atoms with Crippen LogP contribution >= 0.6 is 0 Å². The third-order valence-electron chi connectivity index (χ3n) is 5.19. The molecule has 23 heavy (non-hydrogen) atoms. The van der Waals surface area contributed by atoms with Crippen molar-refractivity contribution in [1.29, 1.82) is 0 Å². The van der Waals surface area contributed by atoms with Crippen molar-refractivity contribution in [3.63, 3.8) is 0 Å². The van der Waals surface area contributed by atoms with Crippen molar-refractivity contribution >= 4 is 14.5 Å². The highest BCUT2D eigenvalue weighted by atomic mass is 28.4. The van der Waals surface area contributed by atoms with E-state index in [1.807, 2.05) is 0 Å². The Bertz CT molecular complexity index is 480. The summed E-state index contributed by atoms with van der Waals surface area (Å²) in [6.45, 7) is 13.2. The molecule has 0 saturated carbocycles. The van der Waals surface area contributed by atoms with E-state index in [0.717, 1.165) is 0 Å². The smallest absolute Gasteiger partial charge is 0.349 e. The minimum absolute atomic E-state index is 0.148. The minimum atomic E-state index is -2.65. The first-order valence-corrected chi connectivity index (χ1v) is 10.1. The van der Waals surface area contributed by atoms with Gasteiger partial charge in [0.05, 0.1) is 18.9 Å². The van der Waals surface area contributed by atoms with Crippen LogP contribution in [0, 0.1) is 5.92 Å².